The van der Waals surface area contributed by atoms with Crippen LogP contribution in [0.5, 0.6) is 0 Å². The van der Waals surface area contributed by atoms with Crippen molar-refractivity contribution in [3.63, 3.8) is 0 Å². The van der Waals surface area contributed by atoms with Crippen LogP contribution in [0.2, 0.25) is 0 Å². The second kappa shape index (κ2) is 19.1. The van der Waals surface area contributed by atoms with Crippen LogP contribution in [0.15, 0.2) is 60.7 Å². The molecular weight excluding hydrogens is 688 g/mol. The topological polar surface area (TPSA) is 214 Å². The smallest absolute Gasteiger partial charge is 0.326 e. The normalized spacial score (nSPS) is 23.1. The fraction of sp³-hybridized carbons (Fsp3) is 0.553. The zero-order valence-electron chi connectivity index (χ0n) is 30.8. The largest absolute Gasteiger partial charge is 0.480 e. The molecule has 6 N–H and O–H groups in total. The Hall–Kier alpha value is -4.41. The Morgan fingerprint density at radius 1 is 0.887 bits per heavy atom. The van der Waals surface area contributed by atoms with Gasteiger partial charge in [0.1, 0.15) is 43.0 Å². The Kier molecular flexibility index (Phi) is 14.9. The monoisotopic (exact) mass is 740 g/mol. The van der Waals surface area contributed by atoms with Gasteiger partial charge in [0.15, 0.2) is 12.1 Å². The maximum absolute atomic E-state index is 13.5. The number of rotatable bonds is 19. The van der Waals surface area contributed by atoms with Gasteiger partial charge in [0, 0.05) is 18.9 Å². The summed E-state index contributed by atoms with van der Waals surface area (Å²) in [5.74, 6) is -5.21. The molecule has 0 saturated carbocycles. The summed E-state index contributed by atoms with van der Waals surface area (Å²) in [5.41, 5.74) is 8.24. The van der Waals surface area contributed by atoms with E-state index in [0.717, 1.165) is 11.1 Å². The van der Waals surface area contributed by atoms with E-state index in [2.05, 4.69) is 16.0 Å². The molecule has 2 aromatic rings. The highest BCUT2D eigenvalue weighted by Crippen LogP contribution is 2.40. The summed E-state index contributed by atoms with van der Waals surface area (Å²) in [6, 6.07) is 14.0. The molecule has 2 aromatic carbocycles. The van der Waals surface area contributed by atoms with Crippen LogP contribution < -0.4 is 21.7 Å². The van der Waals surface area contributed by atoms with Gasteiger partial charge in [-0.05, 0) is 44.2 Å². The van der Waals surface area contributed by atoms with Crippen molar-refractivity contribution in [1.82, 2.24) is 16.0 Å². The predicted octanol–water partition coefficient (Wildman–Crippen LogP) is 2.29. The number of nitrogens with two attached hydrogens (primary N) is 1. The van der Waals surface area contributed by atoms with Crippen LogP contribution in [0.25, 0.3) is 0 Å². The van der Waals surface area contributed by atoms with Gasteiger partial charge in [0.05, 0.1) is 6.61 Å². The number of carboxylic acids is 1. The summed E-state index contributed by atoms with van der Waals surface area (Å²) < 4.78 is 29.7. The molecule has 3 amide bonds. The molecule has 0 spiro atoms. The number of hydrogen-bond acceptors (Lipinski definition) is 11. The minimum atomic E-state index is -1.28. The zero-order valence-corrected chi connectivity index (χ0v) is 30.8. The Balaban J connectivity index is 1.41. The van der Waals surface area contributed by atoms with Gasteiger partial charge < -0.3 is 50.5 Å². The molecule has 53 heavy (non-hydrogen) atoms. The fourth-order valence-corrected chi connectivity index (χ4v) is 6.07. The van der Waals surface area contributed by atoms with Gasteiger partial charge in [-0.1, -0.05) is 80.9 Å². The van der Waals surface area contributed by atoms with Gasteiger partial charge in [0.2, 0.25) is 17.7 Å². The van der Waals surface area contributed by atoms with Crippen LogP contribution in [-0.2, 0) is 60.9 Å². The molecule has 0 aromatic heterocycles. The molecule has 2 aliphatic rings. The van der Waals surface area contributed by atoms with Crippen LogP contribution in [0.4, 0.5) is 0 Å². The highest BCUT2D eigenvalue weighted by Gasteiger charge is 2.56. The number of benzene rings is 2. The van der Waals surface area contributed by atoms with E-state index in [4.69, 9.17) is 29.4 Å². The summed E-state index contributed by atoms with van der Waals surface area (Å²) in [5, 5.41) is 17.2. The van der Waals surface area contributed by atoms with E-state index in [0.29, 0.717) is 6.42 Å². The number of fused-ring (bicyclic) bond motifs is 1. The lowest BCUT2D eigenvalue weighted by atomic mass is 9.99. The fourth-order valence-electron chi connectivity index (χ4n) is 6.07. The van der Waals surface area contributed by atoms with Crippen molar-refractivity contribution in [2.75, 3.05) is 0 Å². The molecular formula is C38H52N4O11. The third-order valence-corrected chi connectivity index (χ3v) is 9.22. The van der Waals surface area contributed by atoms with Crippen LogP contribution in [-0.4, -0.2) is 89.3 Å². The average Bonchev–Trinajstić information content (AvgIpc) is 3.61. The molecule has 4 rings (SSSR count). The number of ether oxygens (including phenoxy) is 5. The maximum atomic E-state index is 13.5. The first-order valence-corrected chi connectivity index (χ1v) is 17.9. The quantitative estimate of drug-likeness (QED) is 0.131. The Labute approximate surface area is 309 Å². The van der Waals surface area contributed by atoms with Gasteiger partial charge >= 0.3 is 11.9 Å². The van der Waals surface area contributed by atoms with Crippen LogP contribution in [0, 0.1) is 5.92 Å². The number of amides is 3. The van der Waals surface area contributed by atoms with E-state index in [1.165, 1.54) is 6.92 Å². The summed E-state index contributed by atoms with van der Waals surface area (Å²) in [4.78, 5) is 64.3. The summed E-state index contributed by atoms with van der Waals surface area (Å²) in [7, 11) is 0. The number of hydrogen-bond donors (Lipinski definition) is 5. The van der Waals surface area contributed by atoms with Crippen LogP contribution in [0.3, 0.4) is 0 Å². The van der Waals surface area contributed by atoms with Crippen LogP contribution in [0.1, 0.15) is 71.4 Å². The van der Waals surface area contributed by atoms with Gasteiger partial charge in [-0.3, -0.25) is 19.2 Å². The number of carbonyl (C=O) groups is 5. The molecule has 15 heteroatoms. The highest BCUT2D eigenvalue weighted by molar-refractivity contribution is 5.93. The first-order valence-electron chi connectivity index (χ1n) is 17.9. The number of carbonyl (C=O) groups excluding carboxylic acids is 4. The lowest BCUT2D eigenvalue weighted by molar-refractivity contribution is -0.221. The van der Waals surface area contributed by atoms with Gasteiger partial charge in [0.25, 0.3) is 0 Å². The third-order valence-electron chi connectivity index (χ3n) is 9.22. The molecule has 0 bridgehead atoms. The lowest BCUT2D eigenvalue weighted by Crippen LogP contribution is -2.56. The zero-order chi connectivity index (χ0) is 38.7. The van der Waals surface area contributed by atoms with Crippen molar-refractivity contribution in [2.45, 2.75) is 128 Å². The molecule has 2 aliphatic heterocycles. The third kappa shape index (κ3) is 12.1. The summed E-state index contributed by atoms with van der Waals surface area (Å²) in [6.45, 7) is 8.65. The van der Waals surface area contributed by atoms with Crippen LogP contribution >= 0.6 is 0 Å². The number of carboxylic acid groups (broad SMARTS) is 1. The van der Waals surface area contributed by atoms with E-state index in [9.17, 15) is 29.1 Å². The summed E-state index contributed by atoms with van der Waals surface area (Å²) in [6.07, 6.45) is -3.09. The molecule has 0 radical (unpaired) electrons. The molecule has 2 fully saturated rings. The Bertz CT molecular complexity index is 1540. The SMILES string of the molecule is CC[C@H](C)[C@H](NC(=O)[C@H](C)NC(=O)[C@H](CCC(=O)OCc1ccccc1)NC(=O)C[C@H](N)C1O[C@@H]2OC(C)(C)O[C@@H]2[C@H]1OCc1ccccc1)C(=O)O. The number of aliphatic carboxylic acids is 1. The molecule has 2 saturated heterocycles. The second-order valence-electron chi connectivity index (χ2n) is 13.9. The first kappa shape index (κ1) is 41.3. The number of esters is 1. The minimum absolute atomic E-state index is 0.0252. The van der Waals surface area contributed by atoms with Crippen molar-refractivity contribution >= 4 is 29.7 Å². The maximum Gasteiger partial charge on any atom is 0.326 e. The van der Waals surface area contributed by atoms with Gasteiger partial charge in [-0.2, -0.15) is 0 Å². The van der Waals surface area contributed by atoms with E-state index < -0.39 is 84.2 Å². The standard InChI is InChI=1S/C38H52N4O11/c1-6-22(2)30(36(47)48)42-34(45)23(3)40-35(46)27(17-18-29(44)49-20-24-13-9-7-10-14-24)41-28(43)19-26(39)31-32(50-21-25-15-11-8-12-16-25)33-37(51-31)53-38(4,5)52-33/h7-16,22-23,26-27,30-33,37H,6,17-21,39H2,1-5H3,(H,40,46)(H,41,43)(H,42,45)(H,47,48)/t22-,23-,26-,27-,30-,31?,32-,33+,37+/m0/s1. The van der Waals surface area contributed by atoms with Crippen molar-refractivity contribution in [1.29, 1.82) is 0 Å². The predicted molar refractivity (Wildman–Crippen MR) is 190 cm³/mol. The second-order valence-corrected chi connectivity index (χ2v) is 13.9. The van der Waals surface area contributed by atoms with E-state index in [1.54, 1.807) is 39.8 Å². The molecule has 290 valence electrons. The molecule has 1 unspecified atom stereocenters. The highest BCUT2D eigenvalue weighted by atomic mass is 16.8. The van der Waals surface area contributed by atoms with E-state index in [1.807, 2.05) is 48.5 Å². The van der Waals surface area contributed by atoms with Gasteiger partial charge in [-0.25, -0.2) is 4.79 Å². The first-order chi connectivity index (χ1) is 25.2. The molecule has 15 nitrogen and oxygen atoms in total. The van der Waals surface area contributed by atoms with Crippen molar-refractivity contribution < 1.29 is 52.8 Å². The molecule has 2 heterocycles. The van der Waals surface area contributed by atoms with Gasteiger partial charge in [-0.15, -0.1) is 0 Å². The van der Waals surface area contributed by atoms with E-state index in [-0.39, 0.29) is 38.4 Å². The molecule has 0 aliphatic carbocycles. The van der Waals surface area contributed by atoms with Crippen molar-refractivity contribution in [3.8, 4) is 0 Å². The molecule has 9 atom stereocenters. The average molecular weight is 741 g/mol. The van der Waals surface area contributed by atoms with E-state index >= 15 is 0 Å². The summed E-state index contributed by atoms with van der Waals surface area (Å²) >= 11 is 0. The Morgan fingerprint density at radius 3 is 2.11 bits per heavy atom. The van der Waals surface area contributed by atoms with Crippen molar-refractivity contribution in [2.24, 2.45) is 11.7 Å². The Morgan fingerprint density at radius 2 is 1.51 bits per heavy atom. The minimum Gasteiger partial charge on any atom is -0.480 e. The van der Waals surface area contributed by atoms with Crippen molar-refractivity contribution in [3.05, 3.63) is 71.8 Å². The lowest BCUT2D eigenvalue weighted by Gasteiger charge is -2.29. The number of nitrogens with one attached hydrogen (secondary N) is 3.